The lowest BCUT2D eigenvalue weighted by Crippen LogP contribution is -2.37. The third-order valence-corrected chi connectivity index (χ3v) is 4.21. The van der Waals surface area contributed by atoms with Crippen LogP contribution in [0.2, 0.25) is 0 Å². The van der Waals surface area contributed by atoms with Gasteiger partial charge in [0.2, 0.25) is 0 Å². The van der Waals surface area contributed by atoms with Gasteiger partial charge in [0, 0.05) is 10.9 Å². The Morgan fingerprint density at radius 3 is 2.58 bits per heavy atom. The summed E-state index contributed by atoms with van der Waals surface area (Å²) >= 11 is 0. The van der Waals surface area contributed by atoms with Crippen molar-refractivity contribution < 1.29 is 4.74 Å². The quantitative estimate of drug-likeness (QED) is 0.899. The maximum Gasteiger partial charge on any atom is 0.127 e. The van der Waals surface area contributed by atoms with Gasteiger partial charge < -0.3 is 10.5 Å². The van der Waals surface area contributed by atoms with E-state index in [4.69, 9.17) is 10.5 Å². The minimum atomic E-state index is 0.0184. The Morgan fingerprint density at radius 2 is 1.74 bits per heavy atom. The van der Waals surface area contributed by atoms with Crippen molar-refractivity contribution in [2.45, 2.75) is 37.6 Å². The van der Waals surface area contributed by atoms with Crippen LogP contribution in [0.25, 0.3) is 10.8 Å². The van der Waals surface area contributed by atoms with Crippen molar-refractivity contribution in [3.63, 3.8) is 0 Å². The molecule has 0 bridgehead atoms. The zero-order chi connectivity index (χ0) is 13.1. The predicted molar refractivity (Wildman–Crippen MR) is 79.4 cm³/mol. The van der Waals surface area contributed by atoms with E-state index in [2.05, 4.69) is 30.3 Å². The molecule has 0 atom stereocenters. The molecule has 2 heteroatoms. The first-order chi connectivity index (χ1) is 9.27. The first-order valence-corrected chi connectivity index (χ1v) is 7.16. The number of fused-ring (bicyclic) bond motifs is 1. The van der Waals surface area contributed by atoms with Gasteiger partial charge in [0.15, 0.2) is 0 Å². The van der Waals surface area contributed by atoms with Crippen molar-refractivity contribution >= 4 is 10.8 Å². The molecule has 0 unspecified atom stereocenters. The molecule has 0 radical (unpaired) electrons. The molecule has 0 amide bonds. The lowest BCUT2D eigenvalue weighted by atomic mass is 9.95. The second-order valence-corrected chi connectivity index (χ2v) is 5.65. The highest BCUT2D eigenvalue weighted by Crippen LogP contribution is 2.31. The van der Waals surface area contributed by atoms with Crippen LogP contribution in [0.5, 0.6) is 5.75 Å². The summed E-state index contributed by atoms with van der Waals surface area (Å²) < 4.78 is 5.97. The van der Waals surface area contributed by atoms with E-state index in [1.165, 1.54) is 23.6 Å². The minimum Gasteiger partial charge on any atom is -0.493 e. The standard InChI is InChI=1S/C17H21NO/c18-17(10-3-4-11-17)12-13-19-16-9-5-7-14-6-1-2-8-15(14)16/h1-2,5-9H,3-4,10-13,18H2. The number of nitrogens with two attached hydrogens (primary N) is 1. The summed E-state index contributed by atoms with van der Waals surface area (Å²) in [6, 6.07) is 14.5. The molecule has 0 aromatic heterocycles. The fourth-order valence-electron chi connectivity index (χ4n) is 3.01. The largest absolute Gasteiger partial charge is 0.493 e. The third kappa shape index (κ3) is 2.74. The molecule has 0 spiro atoms. The second kappa shape index (κ2) is 5.22. The molecule has 19 heavy (non-hydrogen) atoms. The van der Waals surface area contributed by atoms with Gasteiger partial charge in [0.25, 0.3) is 0 Å². The molecule has 1 fully saturated rings. The van der Waals surface area contributed by atoms with Crippen LogP contribution in [-0.4, -0.2) is 12.1 Å². The summed E-state index contributed by atoms with van der Waals surface area (Å²) in [5.74, 6) is 0.972. The van der Waals surface area contributed by atoms with Gasteiger partial charge in [-0.05, 0) is 30.7 Å². The van der Waals surface area contributed by atoms with Crippen LogP contribution in [0.3, 0.4) is 0 Å². The Bertz CT molecular complexity index is 553. The van der Waals surface area contributed by atoms with Gasteiger partial charge >= 0.3 is 0 Å². The van der Waals surface area contributed by atoms with E-state index in [-0.39, 0.29) is 5.54 Å². The maximum atomic E-state index is 6.36. The second-order valence-electron chi connectivity index (χ2n) is 5.65. The molecule has 0 aliphatic heterocycles. The number of rotatable bonds is 4. The first kappa shape index (κ1) is 12.5. The van der Waals surface area contributed by atoms with Gasteiger partial charge in [-0.2, -0.15) is 0 Å². The smallest absolute Gasteiger partial charge is 0.127 e. The summed E-state index contributed by atoms with van der Waals surface area (Å²) in [5, 5.41) is 2.41. The molecule has 3 rings (SSSR count). The fourth-order valence-corrected chi connectivity index (χ4v) is 3.01. The monoisotopic (exact) mass is 255 g/mol. The summed E-state index contributed by atoms with van der Waals surface area (Å²) in [6.45, 7) is 0.713. The van der Waals surface area contributed by atoms with E-state index in [0.717, 1.165) is 25.0 Å². The van der Waals surface area contributed by atoms with E-state index in [1.807, 2.05) is 12.1 Å². The molecule has 2 N–H and O–H groups in total. The Kier molecular flexibility index (Phi) is 3.43. The van der Waals surface area contributed by atoms with Crippen LogP contribution in [0.1, 0.15) is 32.1 Å². The third-order valence-electron chi connectivity index (χ3n) is 4.21. The number of benzene rings is 2. The Morgan fingerprint density at radius 1 is 1.00 bits per heavy atom. The fraction of sp³-hybridized carbons (Fsp3) is 0.412. The van der Waals surface area contributed by atoms with E-state index in [1.54, 1.807) is 0 Å². The summed E-state index contributed by atoms with van der Waals surface area (Å²) in [6.07, 6.45) is 5.78. The van der Waals surface area contributed by atoms with Crippen LogP contribution in [0, 0.1) is 0 Å². The van der Waals surface area contributed by atoms with Gasteiger partial charge in [-0.1, -0.05) is 49.2 Å². The molecule has 100 valence electrons. The van der Waals surface area contributed by atoms with Crippen molar-refractivity contribution in [1.82, 2.24) is 0 Å². The molecule has 2 aromatic carbocycles. The normalized spacial score (nSPS) is 17.7. The van der Waals surface area contributed by atoms with Crippen LogP contribution in [-0.2, 0) is 0 Å². The molecule has 0 saturated heterocycles. The van der Waals surface area contributed by atoms with E-state index in [0.29, 0.717) is 6.61 Å². The Balaban J connectivity index is 1.68. The maximum absolute atomic E-state index is 6.36. The highest BCUT2D eigenvalue weighted by molar-refractivity contribution is 5.88. The SMILES string of the molecule is NC1(CCOc2cccc3ccccc23)CCCC1. The first-order valence-electron chi connectivity index (χ1n) is 7.16. The van der Waals surface area contributed by atoms with Crippen molar-refractivity contribution in [3.8, 4) is 5.75 Å². The lowest BCUT2D eigenvalue weighted by Gasteiger charge is -2.23. The Labute approximate surface area is 114 Å². The number of hydrogen-bond acceptors (Lipinski definition) is 2. The summed E-state index contributed by atoms with van der Waals surface area (Å²) in [5.41, 5.74) is 6.37. The molecule has 2 aromatic rings. The van der Waals surface area contributed by atoms with E-state index >= 15 is 0 Å². The lowest BCUT2D eigenvalue weighted by molar-refractivity contribution is 0.260. The molecule has 1 saturated carbocycles. The average molecular weight is 255 g/mol. The molecular weight excluding hydrogens is 234 g/mol. The van der Waals surface area contributed by atoms with Crippen LogP contribution in [0.4, 0.5) is 0 Å². The average Bonchev–Trinajstić information content (AvgIpc) is 2.86. The molecular formula is C17H21NO. The number of ether oxygens (including phenoxy) is 1. The van der Waals surface area contributed by atoms with Gasteiger partial charge in [-0.3, -0.25) is 0 Å². The van der Waals surface area contributed by atoms with Crippen molar-refractivity contribution in [2.24, 2.45) is 5.73 Å². The van der Waals surface area contributed by atoms with Gasteiger partial charge in [-0.15, -0.1) is 0 Å². The van der Waals surface area contributed by atoms with Crippen LogP contribution < -0.4 is 10.5 Å². The topological polar surface area (TPSA) is 35.2 Å². The number of hydrogen-bond donors (Lipinski definition) is 1. The van der Waals surface area contributed by atoms with Crippen molar-refractivity contribution in [1.29, 1.82) is 0 Å². The van der Waals surface area contributed by atoms with Crippen molar-refractivity contribution in [3.05, 3.63) is 42.5 Å². The zero-order valence-electron chi connectivity index (χ0n) is 11.3. The summed E-state index contributed by atoms with van der Waals surface area (Å²) in [4.78, 5) is 0. The van der Waals surface area contributed by atoms with Gasteiger partial charge in [-0.25, -0.2) is 0 Å². The molecule has 0 heterocycles. The Hall–Kier alpha value is -1.54. The van der Waals surface area contributed by atoms with E-state index < -0.39 is 0 Å². The van der Waals surface area contributed by atoms with Crippen molar-refractivity contribution in [2.75, 3.05) is 6.61 Å². The molecule has 2 nitrogen and oxygen atoms in total. The molecule has 1 aliphatic rings. The van der Waals surface area contributed by atoms with E-state index in [9.17, 15) is 0 Å². The summed E-state index contributed by atoms with van der Waals surface area (Å²) in [7, 11) is 0. The van der Waals surface area contributed by atoms with Gasteiger partial charge in [0.05, 0.1) is 6.61 Å². The predicted octanol–water partition coefficient (Wildman–Crippen LogP) is 3.88. The van der Waals surface area contributed by atoms with Gasteiger partial charge in [0.1, 0.15) is 5.75 Å². The molecule has 1 aliphatic carbocycles. The highest BCUT2D eigenvalue weighted by Gasteiger charge is 2.28. The van der Waals surface area contributed by atoms with Crippen LogP contribution in [0.15, 0.2) is 42.5 Å². The highest BCUT2D eigenvalue weighted by atomic mass is 16.5. The minimum absolute atomic E-state index is 0.0184. The zero-order valence-corrected chi connectivity index (χ0v) is 11.3. The van der Waals surface area contributed by atoms with Crippen LogP contribution >= 0.6 is 0 Å².